The van der Waals surface area contributed by atoms with Crippen molar-refractivity contribution in [1.29, 1.82) is 0 Å². The summed E-state index contributed by atoms with van der Waals surface area (Å²) < 4.78 is 0. The van der Waals surface area contributed by atoms with E-state index in [0.717, 1.165) is 17.5 Å². The highest BCUT2D eigenvalue weighted by Crippen LogP contribution is 2.20. The van der Waals surface area contributed by atoms with Crippen LogP contribution in [0.25, 0.3) is 0 Å². The average Bonchev–Trinajstić information content (AvgIpc) is 2.43. The molecule has 0 saturated heterocycles. The van der Waals surface area contributed by atoms with Gasteiger partial charge in [-0.2, -0.15) is 0 Å². The number of aryl methyl sites for hydroxylation is 1. The van der Waals surface area contributed by atoms with Crippen molar-refractivity contribution in [2.45, 2.75) is 26.2 Å². The van der Waals surface area contributed by atoms with Gasteiger partial charge in [-0.15, -0.1) is 0 Å². The highest BCUT2D eigenvalue weighted by atomic mass is 16.1. The summed E-state index contributed by atoms with van der Waals surface area (Å²) in [5.74, 6) is 0.458. The summed E-state index contributed by atoms with van der Waals surface area (Å²) in [6.45, 7) is 3.98. The smallest absolute Gasteiger partial charge is 0.233 e. The molecule has 1 aromatic heterocycles. The van der Waals surface area contributed by atoms with Crippen LogP contribution < -0.4 is 5.32 Å². The van der Waals surface area contributed by atoms with Gasteiger partial charge in [0.25, 0.3) is 0 Å². The zero-order valence-corrected chi connectivity index (χ0v) is 11.3. The first-order chi connectivity index (χ1) is 9.20. The Kier molecular flexibility index (Phi) is 4.29. The van der Waals surface area contributed by atoms with Crippen LogP contribution in [0, 0.1) is 6.92 Å². The van der Waals surface area contributed by atoms with E-state index in [1.807, 2.05) is 56.3 Å². The molecular weight excluding hydrogens is 236 g/mol. The Hall–Kier alpha value is -2.16. The Morgan fingerprint density at radius 2 is 1.95 bits per heavy atom. The van der Waals surface area contributed by atoms with E-state index < -0.39 is 0 Å². The predicted octanol–water partition coefficient (Wildman–Crippen LogP) is 3.52. The zero-order chi connectivity index (χ0) is 13.7. The van der Waals surface area contributed by atoms with Crippen LogP contribution in [0.1, 0.15) is 30.4 Å². The van der Waals surface area contributed by atoms with Crippen molar-refractivity contribution in [3.05, 3.63) is 59.8 Å². The van der Waals surface area contributed by atoms with E-state index in [1.165, 1.54) is 0 Å². The maximum absolute atomic E-state index is 12.3. The first-order valence-corrected chi connectivity index (χ1v) is 6.49. The Labute approximate surface area is 113 Å². The molecule has 2 aromatic rings. The van der Waals surface area contributed by atoms with Gasteiger partial charge in [-0.3, -0.25) is 4.79 Å². The van der Waals surface area contributed by atoms with Gasteiger partial charge in [0.05, 0.1) is 5.92 Å². The molecule has 1 amide bonds. The predicted molar refractivity (Wildman–Crippen MR) is 77.1 cm³/mol. The van der Waals surface area contributed by atoms with Gasteiger partial charge in [0.1, 0.15) is 5.82 Å². The number of benzene rings is 1. The van der Waals surface area contributed by atoms with Crippen LogP contribution in [-0.4, -0.2) is 10.9 Å². The number of aromatic nitrogens is 1. The quantitative estimate of drug-likeness (QED) is 0.907. The van der Waals surface area contributed by atoms with E-state index in [-0.39, 0.29) is 11.8 Å². The van der Waals surface area contributed by atoms with Crippen molar-refractivity contribution in [3.8, 4) is 0 Å². The van der Waals surface area contributed by atoms with Crippen LogP contribution >= 0.6 is 0 Å². The van der Waals surface area contributed by atoms with Crippen LogP contribution in [-0.2, 0) is 4.79 Å². The van der Waals surface area contributed by atoms with Gasteiger partial charge in [-0.1, -0.05) is 43.3 Å². The molecule has 0 bridgehead atoms. The highest BCUT2D eigenvalue weighted by Gasteiger charge is 2.18. The second-order valence-corrected chi connectivity index (χ2v) is 4.58. The van der Waals surface area contributed by atoms with Crippen molar-refractivity contribution in [3.63, 3.8) is 0 Å². The summed E-state index contributed by atoms with van der Waals surface area (Å²) in [7, 11) is 0. The molecule has 1 atom stereocenters. The average molecular weight is 254 g/mol. The molecular formula is C16H18N2O. The molecule has 3 heteroatoms. The summed E-state index contributed by atoms with van der Waals surface area (Å²) >= 11 is 0. The third-order valence-corrected chi connectivity index (χ3v) is 3.09. The number of pyridine rings is 1. The summed E-state index contributed by atoms with van der Waals surface area (Å²) in [6, 6.07) is 13.6. The molecule has 1 aromatic carbocycles. The molecule has 0 saturated carbocycles. The Balaban J connectivity index is 2.11. The first kappa shape index (κ1) is 13.3. The summed E-state index contributed by atoms with van der Waals surface area (Å²) in [6.07, 6.45) is 2.51. The molecule has 1 heterocycles. The molecule has 0 aliphatic carbocycles. The lowest BCUT2D eigenvalue weighted by Crippen LogP contribution is -2.21. The minimum absolute atomic E-state index is 0.00921. The standard InChI is InChI=1S/C16H18N2O/c1-3-14(13-7-5-4-6-8-13)16(19)18-15-10-9-12(2)11-17-15/h4-11,14H,3H2,1-2H3,(H,17,18,19)/t14-/m1/s1. The number of anilines is 1. The monoisotopic (exact) mass is 254 g/mol. The maximum atomic E-state index is 12.3. The van der Waals surface area contributed by atoms with E-state index in [4.69, 9.17) is 0 Å². The molecule has 19 heavy (non-hydrogen) atoms. The number of rotatable bonds is 4. The van der Waals surface area contributed by atoms with Crippen molar-refractivity contribution in [1.82, 2.24) is 4.98 Å². The molecule has 98 valence electrons. The lowest BCUT2D eigenvalue weighted by molar-refractivity contribution is -0.117. The lowest BCUT2D eigenvalue weighted by Gasteiger charge is -2.15. The molecule has 0 aliphatic heterocycles. The topological polar surface area (TPSA) is 42.0 Å². The molecule has 1 N–H and O–H groups in total. The summed E-state index contributed by atoms with van der Waals surface area (Å²) in [4.78, 5) is 16.5. The van der Waals surface area contributed by atoms with Crippen LogP contribution in [0.4, 0.5) is 5.82 Å². The third kappa shape index (κ3) is 3.41. The number of carbonyl (C=O) groups is 1. The second-order valence-electron chi connectivity index (χ2n) is 4.58. The molecule has 0 aliphatic rings. The SMILES string of the molecule is CC[C@@H](C(=O)Nc1ccc(C)cn1)c1ccccc1. The number of carbonyl (C=O) groups excluding carboxylic acids is 1. The van der Waals surface area contributed by atoms with Gasteiger partial charge in [0, 0.05) is 6.20 Å². The third-order valence-electron chi connectivity index (χ3n) is 3.09. The highest BCUT2D eigenvalue weighted by molar-refractivity contribution is 5.95. The van der Waals surface area contributed by atoms with Crippen molar-refractivity contribution < 1.29 is 4.79 Å². The minimum Gasteiger partial charge on any atom is -0.310 e. The first-order valence-electron chi connectivity index (χ1n) is 6.49. The van der Waals surface area contributed by atoms with Crippen LogP contribution in [0.2, 0.25) is 0 Å². The number of hydrogen-bond donors (Lipinski definition) is 1. The number of nitrogens with zero attached hydrogens (tertiary/aromatic N) is 1. The largest absolute Gasteiger partial charge is 0.310 e. The van der Waals surface area contributed by atoms with Gasteiger partial charge in [0.2, 0.25) is 5.91 Å². The van der Waals surface area contributed by atoms with Crippen molar-refractivity contribution in [2.75, 3.05) is 5.32 Å². The Bertz CT molecular complexity index is 534. The van der Waals surface area contributed by atoms with Gasteiger partial charge < -0.3 is 5.32 Å². The molecule has 0 fully saturated rings. The van der Waals surface area contributed by atoms with Crippen molar-refractivity contribution >= 4 is 11.7 Å². The lowest BCUT2D eigenvalue weighted by atomic mass is 9.96. The van der Waals surface area contributed by atoms with E-state index in [0.29, 0.717) is 5.82 Å². The second kappa shape index (κ2) is 6.14. The molecule has 2 rings (SSSR count). The number of hydrogen-bond acceptors (Lipinski definition) is 2. The van der Waals surface area contributed by atoms with Crippen LogP contribution in [0.5, 0.6) is 0 Å². The zero-order valence-electron chi connectivity index (χ0n) is 11.3. The van der Waals surface area contributed by atoms with E-state index >= 15 is 0 Å². The molecule has 0 unspecified atom stereocenters. The van der Waals surface area contributed by atoms with Gasteiger partial charge >= 0.3 is 0 Å². The van der Waals surface area contributed by atoms with E-state index in [9.17, 15) is 4.79 Å². The van der Waals surface area contributed by atoms with Crippen molar-refractivity contribution in [2.24, 2.45) is 0 Å². The van der Waals surface area contributed by atoms with Gasteiger partial charge in [0.15, 0.2) is 0 Å². The number of amides is 1. The number of nitrogens with one attached hydrogen (secondary N) is 1. The fourth-order valence-corrected chi connectivity index (χ4v) is 2.01. The molecule has 0 radical (unpaired) electrons. The summed E-state index contributed by atoms with van der Waals surface area (Å²) in [5, 5.41) is 2.87. The van der Waals surface area contributed by atoms with E-state index in [1.54, 1.807) is 6.20 Å². The maximum Gasteiger partial charge on any atom is 0.233 e. The Morgan fingerprint density at radius 1 is 1.21 bits per heavy atom. The Morgan fingerprint density at radius 3 is 2.53 bits per heavy atom. The molecule has 0 spiro atoms. The fourth-order valence-electron chi connectivity index (χ4n) is 2.01. The molecule has 3 nitrogen and oxygen atoms in total. The van der Waals surface area contributed by atoms with E-state index in [2.05, 4.69) is 10.3 Å². The van der Waals surface area contributed by atoms with Gasteiger partial charge in [-0.05, 0) is 30.5 Å². The van der Waals surface area contributed by atoms with Gasteiger partial charge in [-0.25, -0.2) is 4.98 Å². The fraction of sp³-hybridized carbons (Fsp3) is 0.250. The summed E-state index contributed by atoms with van der Waals surface area (Å²) in [5.41, 5.74) is 2.11. The van der Waals surface area contributed by atoms with Crippen LogP contribution in [0.15, 0.2) is 48.7 Å². The van der Waals surface area contributed by atoms with Crippen LogP contribution in [0.3, 0.4) is 0 Å². The normalized spacial score (nSPS) is 11.9. The minimum atomic E-state index is -0.135.